The van der Waals surface area contributed by atoms with Gasteiger partial charge in [0.05, 0.1) is 48.7 Å². The first-order chi connectivity index (χ1) is 15.4. The number of urea groups is 1. The zero-order valence-electron chi connectivity index (χ0n) is 16.9. The van der Waals surface area contributed by atoms with Crippen molar-refractivity contribution >= 4 is 23.3 Å². The third-order valence-corrected chi connectivity index (χ3v) is 6.27. The molecular weight excluding hydrogens is 425 g/mol. The number of nitriles is 1. The van der Waals surface area contributed by atoms with Gasteiger partial charge in [0.1, 0.15) is 0 Å². The molecule has 3 amide bonds. The average Bonchev–Trinajstić information content (AvgIpc) is 3.43. The number of benzene rings is 1. The van der Waals surface area contributed by atoms with Gasteiger partial charge in [-0.15, -0.1) is 0 Å². The van der Waals surface area contributed by atoms with Crippen LogP contribution < -0.4 is 10.2 Å². The molecule has 2 atom stereocenters. The largest absolute Gasteiger partial charge is 0.322 e. The van der Waals surface area contributed by atoms with Crippen molar-refractivity contribution in [1.29, 1.82) is 5.26 Å². The number of anilines is 2. The van der Waals surface area contributed by atoms with Gasteiger partial charge in [-0.2, -0.15) is 10.4 Å². The van der Waals surface area contributed by atoms with Gasteiger partial charge in [-0.25, -0.2) is 18.0 Å². The van der Waals surface area contributed by atoms with Gasteiger partial charge in [0, 0.05) is 30.8 Å². The number of halogens is 3. The van der Waals surface area contributed by atoms with Crippen molar-refractivity contribution in [2.45, 2.75) is 38.4 Å². The van der Waals surface area contributed by atoms with Gasteiger partial charge in [0.25, 0.3) is 0 Å². The van der Waals surface area contributed by atoms with E-state index in [0.717, 1.165) is 25.0 Å². The zero-order chi connectivity index (χ0) is 22.6. The Kier molecular flexibility index (Phi) is 4.80. The summed E-state index contributed by atoms with van der Waals surface area (Å²) in [5.41, 5.74) is 1.02. The van der Waals surface area contributed by atoms with Crippen LogP contribution in [0.3, 0.4) is 0 Å². The molecule has 5 rings (SSSR count). The van der Waals surface area contributed by atoms with Crippen molar-refractivity contribution in [2.75, 3.05) is 16.8 Å². The molecule has 166 valence electrons. The van der Waals surface area contributed by atoms with Gasteiger partial charge in [-0.3, -0.25) is 9.48 Å². The summed E-state index contributed by atoms with van der Waals surface area (Å²) in [5, 5.41) is 16.0. The second kappa shape index (κ2) is 7.55. The molecule has 1 aliphatic carbocycles. The summed E-state index contributed by atoms with van der Waals surface area (Å²) in [5.74, 6) is -4.68. The smallest absolute Gasteiger partial charge is 0.313 e. The third kappa shape index (κ3) is 3.45. The lowest BCUT2D eigenvalue weighted by Crippen LogP contribution is -2.49. The van der Waals surface area contributed by atoms with Crippen LogP contribution >= 0.6 is 0 Å². The summed E-state index contributed by atoms with van der Waals surface area (Å²) in [6.45, 7) is 0.819. The van der Waals surface area contributed by atoms with Crippen molar-refractivity contribution in [3.8, 4) is 6.07 Å². The number of carbonyl (C=O) groups is 2. The van der Waals surface area contributed by atoms with Crippen molar-refractivity contribution < 1.29 is 22.8 Å². The standard InChI is InChI=1S/C21H19F3N6O2/c22-14-4-13(5-15(23)20(14)24)27-21(32)29-9-18-16(28-8-11(6-25)3-19(28)31)7-26-30(18)10-17(29)12-1-2-12/h4-5,7,11-12,17H,1-3,8-10H2,(H,27,32)/t11-,17+/m0/s1. The number of hydrogen-bond donors (Lipinski definition) is 1. The summed E-state index contributed by atoms with van der Waals surface area (Å²) in [7, 11) is 0. The van der Waals surface area contributed by atoms with Crippen LogP contribution in [0.25, 0.3) is 0 Å². The van der Waals surface area contributed by atoms with E-state index in [1.165, 1.54) is 4.90 Å². The van der Waals surface area contributed by atoms with E-state index in [-0.39, 0.29) is 43.1 Å². The van der Waals surface area contributed by atoms with Gasteiger partial charge in [-0.05, 0) is 18.8 Å². The van der Waals surface area contributed by atoms with Crippen molar-refractivity contribution in [3.05, 3.63) is 41.5 Å². The molecule has 0 spiro atoms. The van der Waals surface area contributed by atoms with Gasteiger partial charge in [-0.1, -0.05) is 0 Å². The average molecular weight is 444 g/mol. The number of nitrogens with one attached hydrogen (secondary N) is 1. The minimum Gasteiger partial charge on any atom is -0.313 e. The number of amides is 3. The topological polar surface area (TPSA) is 94.3 Å². The number of rotatable bonds is 3. The Morgan fingerprint density at radius 2 is 1.91 bits per heavy atom. The molecule has 1 aromatic carbocycles. The molecule has 1 aromatic heterocycles. The Morgan fingerprint density at radius 1 is 1.19 bits per heavy atom. The Hall–Kier alpha value is -3.55. The van der Waals surface area contributed by atoms with Crippen molar-refractivity contribution in [2.24, 2.45) is 11.8 Å². The molecule has 11 heteroatoms. The SMILES string of the molecule is N#C[C@@H]1CC(=O)N(c2cnn3c2CN(C(=O)Nc2cc(F)c(F)c(F)c2)[C@@H](C2CC2)C3)C1. The first kappa shape index (κ1) is 20.4. The molecule has 32 heavy (non-hydrogen) atoms. The molecule has 8 nitrogen and oxygen atoms in total. The first-order valence-corrected chi connectivity index (χ1v) is 10.3. The van der Waals surface area contributed by atoms with E-state index in [2.05, 4.69) is 16.5 Å². The van der Waals surface area contributed by atoms with E-state index < -0.39 is 29.4 Å². The molecule has 0 unspecified atom stereocenters. The Bertz CT molecular complexity index is 1130. The molecule has 1 saturated heterocycles. The van der Waals surface area contributed by atoms with Crippen LogP contribution in [0.4, 0.5) is 29.3 Å². The molecule has 0 bridgehead atoms. The molecule has 1 saturated carbocycles. The maximum absolute atomic E-state index is 13.6. The van der Waals surface area contributed by atoms with Crippen LogP contribution in [0, 0.1) is 40.6 Å². The van der Waals surface area contributed by atoms with Crippen LogP contribution in [-0.4, -0.2) is 39.2 Å². The fourth-order valence-corrected chi connectivity index (χ4v) is 4.46. The van der Waals surface area contributed by atoms with E-state index in [4.69, 9.17) is 5.26 Å². The predicted octanol–water partition coefficient (Wildman–Crippen LogP) is 3.00. The second-order valence-corrected chi connectivity index (χ2v) is 8.41. The summed E-state index contributed by atoms with van der Waals surface area (Å²) < 4.78 is 42.2. The third-order valence-electron chi connectivity index (χ3n) is 6.27. The van der Waals surface area contributed by atoms with Crippen LogP contribution in [0.15, 0.2) is 18.3 Å². The Balaban J connectivity index is 1.42. The normalized spacial score (nSPS) is 22.6. The summed E-state index contributed by atoms with van der Waals surface area (Å²) in [6, 6.07) is 2.82. The molecule has 2 aliphatic heterocycles. The summed E-state index contributed by atoms with van der Waals surface area (Å²) in [6.07, 6.45) is 3.61. The van der Waals surface area contributed by atoms with Crippen LogP contribution in [0.1, 0.15) is 25.0 Å². The van der Waals surface area contributed by atoms with E-state index >= 15 is 0 Å². The number of nitrogens with zero attached hydrogens (tertiary/aromatic N) is 5. The molecular formula is C21H19F3N6O2. The fraction of sp³-hybridized carbons (Fsp3) is 0.429. The minimum atomic E-state index is -1.60. The Morgan fingerprint density at radius 3 is 2.53 bits per heavy atom. The van der Waals surface area contributed by atoms with E-state index in [1.807, 2.05) is 0 Å². The minimum absolute atomic E-state index is 0.134. The highest BCUT2D eigenvalue weighted by atomic mass is 19.2. The number of carbonyl (C=O) groups excluding carboxylic acids is 2. The number of fused-ring (bicyclic) bond motifs is 1. The highest BCUT2D eigenvalue weighted by Gasteiger charge is 2.43. The molecule has 2 aromatic rings. The van der Waals surface area contributed by atoms with Crippen LogP contribution in [-0.2, 0) is 17.9 Å². The van der Waals surface area contributed by atoms with E-state index in [0.29, 0.717) is 17.9 Å². The predicted molar refractivity (Wildman–Crippen MR) is 106 cm³/mol. The number of aromatic nitrogens is 2. The summed E-state index contributed by atoms with van der Waals surface area (Å²) in [4.78, 5) is 28.6. The van der Waals surface area contributed by atoms with E-state index in [1.54, 1.807) is 15.8 Å². The molecule has 3 aliphatic rings. The fourth-order valence-electron chi connectivity index (χ4n) is 4.46. The van der Waals surface area contributed by atoms with Gasteiger partial charge in [0.2, 0.25) is 5.91 Å². The Labute approximate surface area is 181 Å². The second-order valence-electron chi connectivity index (χ2n) is 8.41. The van der Waals surface area contributed by atoms with Crippen molar-refractivity contribution in [1.82, 2.24) is 14.7 Å². The number of hydrogen-bond acceptors (Lipinski definition) is 4. The van der Waals surface area contributed by atoms with Crippen molar-refractivity contribution in [3.63, 3.8) is 0 Å². The lowest BCUT2D eigenvalue weighted by atomic mass is 10.1. The monoisotopic (exact) mass is 444 g/mol. The van der Waals surface area contributed by atoms with E-state index in [9.17, 15) is 22.8 Å². The molecule has 3 heterocycles. The molecule has 0 radical (unpaired) electrons. The van der Waals surface area contributed by atoms with Gasteiger partial charge in [0.15, 0.2) is 17.5 Å². The van der Waals surface area contributed by atoms with Gasteiger partial charge < -0.3 is 15.1 Å². The highest BCUT2D eigenvalue weighted by Crippen LogP contribution is 2.40. The summed E-state index contributed by atoms with van der Waals surface area (Å²) >= 11 is 0. The van der Waals surface area contributed by atoms with Crippen LogP contribution in [0.5, 0.6) is 0 Å². The highest BCUT2D eigenvalue weighted by molar-refractivity contribution is 5.96. The quantitative estimate of drug-likeness (QED) is 0.737. The molecule has 2 fully saturated rings. The maximum Gasteiger partial charge on any atom is 0.322 e. The molecule has 1 N–H and O–H groups in total. The van der Waals surface area contributed by atoms with Gasteiger partial charge >= 0.3 is 6.03 Å². The first-order valence-electron chi connectivity index (χ1n) is 10.3. The lowest BCUT2D eigenvalue weighted by Gasteiger charge is -2.37. The van der Waals surface area contributed by atoms with Crippen LogP contribution in [0.2, 0.25) is 0 Å². The zero-order valence-corrected chi connectivity index (χ0v) is 16.9. The maximum atomic E-state index is 13.6. The lowest BCUT2D eigenvalue weighted by molar-refractivity contribution is -0.117.